The zero-order valence-corrected chi connectivity index (χ0v) is 16.8. The van der Waals surface area contributed by atoms with E-state index < -0.39 is 54.7 Å². The highest BCUT2D eigenvalue weighted by atomic mass is 19.1. The van der Waals surface area contributed by atoms with Crippen LogP contribution in [0.5, 0.6) is 0 Å². The first-order valence-electron chi connectivity index (χ1n) is 9.45. The largest absolute Gasteiger partial charge is 0.481 e. The van der Waals surface area contributed by atoms with Crippen molar-refractivity contribution in [2.24, 2.45) is 0 Å². The summed E-state index contributed by atoms with van der Waals surface area (Å²) in [5, 5.41) is 13.4. The van der Waals surface area contributed by atoms with E-state index >= 15 is 0 Å². The first-order chi connectivity index (χ1) is 15.3. The predicted octanol–water partition coefficient (Wildman–Crippen LogP) is 1.18. The minimum Gasteiger partial charge on any atom is -0.481 e. The fourth-order valence-corrected chi connectivity index (χ4v) is 2.66. The van der Waals surface area contributed by atoms with Crippen molar-refractivity contribution >= 4 is 29.5 Å². The molecule has 2 atom stereocenters. The number of halogens is 1. The summed E-state index contributed by atoms with van der Waals surface area (Å²) in [6, 6.07) is 8.69. The average molecular weight is 448 g/mol. The maximum Gasteiger partial charge on any atom is 0.408 e. The Morgan fingerprint density at radius 1 is 1.00 bits per heavy atom. The molecule has 0 saturated carbocycles. The molecule has 10 nitrogen and oxygen atoms in total. The zero-order valence-electron chi connectivity index (χ0n) is 16.8. The molecule has 2 amide bonds. The van der Waals surface area contributed by atoms with E-state index in [4.69, 9.17) is 14.3 Å². The number of nitrogens with one attached hydrogen (secondary N) is 2. The number of carboxylic acid groups (broad SMARTS) is 1. The van der Waals surface area contributed by atoms with E-state index in [1.54, 1.807) is 36.4 Å². The normalized spacial score (nSPS) is 12.3. The summed E-state index contributed by atoms with van der Waals surface area (Å²) in [5.74, 6) is -5.05. The molecule has 2 unspecified atom stereocenters. The Morgan fingerprint density at radius 3 is 2.31 bits per heavy atom. The fourth-order valence-electron chi connectivity index (χ4n) is 2.66. The lowest BCUT2D eigenvalue weighted by atomic mass is 10.0. The van der Waals surface area contributed by atoms with Gasteiger partial charge in [0.2, 0.25) is 17.5 Å². The molecule has 0 saturated heterocycles. The van der Waals surface area contributed by atoms with Crippen molar-refractivity contribution in [3.63, 3.8) is 0 Å². The highest BCUT2D eigenvalue weighted by Gasteiger charge is 2.32. The topological polar surface area (TPSA) is 152 Å². The molecule has 0 fully saturated rings. The highest BCUT2D eigenvalue weighted by molar-refractivity contribution is 6.40. The van der Waals surface area contributed by atoms with Crippen LogP contribution in [0, 0.1) is 0 Å². The molecule has 0 aliphatic carbocycles. The van der Waals surface area contributed by atoms with Crippen molar-refractivity contribution < 1.29 is 42.6 Å². The molecule has 32 heavy (non-hydrogen) atoms. The SMILES string of the molecule is O=C(O)CC(NC(=O)C(Cc1ccco1)NC(=O)OCc1ccccc1)C(=O)C(=O)CF. The second-order valence-corrected chi connectivity index (χ2v) is 6.62. The lowest BCUT2D eigenvalue weighted by Gasteiger charge is -2.21. The maximum atomic E-state index is 12.7. The Kier molecular flexibility index (Phi) is 9.08. The van der Waals surface area contributed by atoms with Crippen LogP contribution in [0.4, 0.5) is 9.18 Å². The van der Waals surface area contributed by atoms with E-state index in [0.717, 1.165) is 0 Å². The van der Waals surface area contributed by atoms with Crippen molar-refractivity contribution in [3.05, 3.63) is 60.1 Å². The third kappa shape index (κ3) is 7.67. The number of ether oxygens (including phenoxy) is 1. The summed E-state index contributed by atoms with van der Waals surface area (Å²) in [4.78, 5) is 59.3. The molecule has 1 heterocycles. The molecule has 0 spiro atoms. The van der Waals surface area contributed by atoms with Crippen molar-refractivity contribution in [2.45, 2.75) is 31.5 Å². The number of carbonyl (C=O) groups is 5. The van der Waals surface area contributed by atoms with Crippen molar-refractivity contribution in [1.82, 2.24) is 10.6 Å². The minimum atomic E-state index is -1.80. The number of ketones is 2. The van der Waals surface area contributed by atoms with Crippen LogP contribution in [0.25, 0.3) is 0 Å². The van der Waals surface area contributed by atoms with Crippen LogP contribution in [-0.4, -0.2) is 53.4 Å². The van der Waals surface area contributed by atoms with Gasteiger partial charge in [-0.3, -0.25) is 19.2 Å². The molecule has 170 valence electrons. The Morgan fingerprint density at radius 2 is 1.72 bits per heavy atom. The number of hydrogen-bond acceptors (Lipinski definition) is 7. The van der Waals surface area contributed by atoms with E-state index in [1.807, 2.05) is 0 Å². The van der Waals surface area contributed by atoms with E-state index in [-0.39, 0.29) is 13.0 Å². The molecule has 0 aliphatic rings. The van der Waals surface area contributed by atoms with Gasteiger partial charge in [-0.1, -0.05) is 30.3 Å². The lowest BCUT2D eigenvalue weighted by molar-refractivity contribution is -0.143. The number of alkyl carbamates (subject to hydrolysis) is 1. The number of furan rings is 1. The van der Waals surface area contributed by atoms with Crippen molar-refractivity contribution in [3.8, 4) is 0 Å². The number of carbonyl (C=O) groups excluding carboxylic acids is 4. The number of amides is 2. The predicted molar refractivity (Wildman–Crippen MR) is 106 cm³/mol. The van der Waals surface area contributed by atoms with Gasteiger partial charge in [-0.25, -0.2) is 9.18 Å². The summed E-state index contributed by atoms with van der Waals surface area (Å²) in [7, 11) is 0. The van der Waals surface area contributed by atoms with Gasteiger partial charge in [-0.15, -0.1) is 0 Å². The lowest BCUT2D eigenvalue weighted by Crippen LogP contribution is -2.54. The quantitative estimate of drug-likeness (QED) is 0.410. The second-order valence-electron chi connectivity index (χ2n) is 6.62. The number of rotatable bonds is 12. The molecule has 1 aromatic heterocycles. The Labute approximate surface area is 181 Å². The van der Waals surface area contributed by atoms with Gasteiger partial charge in [0, 0.05) is 6.42 Å². The number of alkyl halides is 1. The number of aliphatic carboxylic acids is 1. The van der Waals surface area contributed by atoms with Gasteiger partial charge in [0.05, 0.1) is 12.7 Å². The molecular weight excluding hydrogens is 427 g/mol. The van der Waals surface area contributed by atoms with Gasteiger partial charge >= 0.3 is 12.1 Å². The first kappa shape index (κ1) is 24.3. The van der Waals surface area contributed by atoms with Gasteiger partial charge < -0.3 is 24.9 Å². The summed E-state index contributed by atoms with van der Waals surface area (Å²) in [5.41, 5.74) is 0.700. The van der Waals surface area contributed by atoms with Crippen LogP contribution in [0.3, 0.4) is 0 Å². The van der Waals surface area contributed by atoms with E-state index in [0.29, 0.717) is 11.3 Å². The standard InChI is InChI=1S/C21H21FN2O8/c22-11-17(25)19(28)15(10-18(26)27)23-20(29)16(9-14-7-4-8-31-14)24-21(30)32-12-13-5-2-1-3-6-13/h1-8,15-16H,9-12H2,(H,23,29)(H,24,30)(H,26,27). The molecule has 0 bridgehead atoms. The maximum absolute atomic E-state index is 12.7. The number of Topliss-reactive ketones (excluding diaryl/α,β-unsaturated/α-hetero) is 2. The summed E-state index contributed by atoms with van der Waals surface area (Å²) in [6.07, 6.45) is -0.720. The van der Waals surface area contributed by atoms with Gasteiger partial charge in [0.25, 0.3) is 0 Å². The van der Waals surface area contributed by atoms with Gasteiger partial charge in [0.15, 0.2) is 6.67 Å². The fraction of sp³-hybridized carbons (Fsp3) is 0.286. The molecule has 3 N–H and O–H groups in total. The smallest absolute Gasteiger partial charge is 0.408 e. The van der Waals surface area contributed by atoms with E-state index in [2.05, 4.69) is 10.6 Å². The number of hydrogen-bond donors (Lipinski definition) is 3. The van der Waals surface area contributed by atoms with Crippen molar-refractivity contribution in [2.75, 3.05) is 6.67 Å². The van der Waals surface area contributed by atoms with Gasteiger partial charge in [-0.05, 0) is 17.7 Å². The molecule has 0 aliphatic heterocycles. The third-order valence-corrected chi connectivity index (χ3v) is 4.21. The van der Waals surface area contributed by atoms with Crippen LogP contribution in [0.15, 0.2) is 53.1 Å². The van der Waals surface area contributed by atoms with Gasteiger partial charge in [0.1, 0.15) is 24.5 Å². The van der Waals surface area contributed by atoms with Crippen LogP contribution in [0.2, 0.25) is 0 Å². The molecule has 11 heteroatoms. The van der Waals surface area contributed by atoms with Crippen LogP contribution < -0.4 is 10.6 Å². The number of benzene rings is 1. The minimum absolute atomic E-state index is 0.0765. The molecule has 1 aromatic carbocycles. The number of carboxylic acids is 1. The van der Waals surface area contributed by atoms with E-state index in [1.165, 1.54) is 12.3 Å². The second kappa shape index (κ2) is 12.0. The van der Waals surface area contributed by atoms with Crippen LogP contribution in [-0.2, 0) is 36.9 Å². The average Bonchev–Trinajstić information content (AvgIpc) is 3.29. The Hall–Kier alpha value is -4.02. The van der Waals surface area contributed by atoms with Gasteiger partial charge in [-0.2, -0.15) is 0 Å². The first-order valence-corrected chi connectivity index (χ1v) is 9.45. The summed E-state index contributed by atoms with van der Waals surface area (Å²) in [6.45, 7) is -1.71. The van der Waals surface area contributed by atoms with Crippen LogP contribution >= 0.6 is 0 Å². The van der Waals surface area contributed by atoms with Crippen molar-refractivity contribution in [1.29, 1.82) is 0 Å². The molecule has 2 rings (SSSR count). The Bertz CT molecular complexity index is 946. The van der Waals surface area contributed by atoms with E-state index in [9.17, 15) is 28.4 Å². The highest BCUT2D eigenvalue weighted by Crippen LogP contribution is 2.07. The third-order valence-electron chi connectivity index (χ3n) is 4.21. The Balaban J connectivity index is 2.10. The van der Waals surface area contributed by atoms with Crippen LogP contribution in [0.1, 0.15) is 17.7 Å². The summed E-state index contributed by atoms with van der Waals surface area (Å²) < 4.78 is 22.8. The molecule has 2 aromatic rings. The zero-order chi connectivity index (χ0) is 23.5. The summed E-state index contributed by atoms with van der Waals surface area (Å²) >= 11 is 0. The molecular formula is C21H21FN2O8. The molecule has 0 radical (unpaired) electrons. The monoisotopic (exact) mass is 448 g/mol.